The first-order chi connectivity index (χ1) is 27.6. The molecule has 0 amide bonds. The highest BCUT2D eigenvalue weighted by Crippen LogP contribution is 2.39. The van der Waals surface area contributed by atoms with E-state index in [1.54, 1.807) is 36.5 Å². The lowest BCUT2D eigenvalue weighted by atomic mass is 10.00. The molecule has 1 atom stereocenters. The lowest BCUT2D eigenvalue weighted by Crippen LogP contribution is -2.24. The number of hydrogen-bond donors (Lipinski definition) is 2. The zero-order valence-corrected chi connectivity index (χ0v) is 34.3. The number of para-hydroxylation sites is 1. The minimum absolute atomic E-state index is 0.0710. The fourth-order valence-corrected chi connectivity index (χ4v) is 7.03. The SMILES string of the molecule is CN(C)CCC(Nc1cccc(C(=O)c2cccc(Cl)c2)c1)c1ncccc1N.CN(C)CCCN1c2ccccc2C(c2cccc(Cl)c2)=Nc2cccnc21. The fraction of sp³-hybridized carbons (Fsp3) is 0.217. The number of carbonyl (C=O) groups excluding carboxylic acids is 1. The van der Waals surface area contributed by atoms with E-state index in [0.717, 1.165) is 77.9 Å². The van der Waals surface area contributed by atoms with Gasteiger partial charge in [0, 0.05) is 56.9 Å². The molecule has 9 nitrogen and oxygen atoms in total. The monoisotopic (exact) mass is 798 g/mol. The molecule has 0 fully saturated rings. The van der Waals surface area contributed by atoms with Crippen LogP contribution in [0.4, 0.5) is 28.6 Å². The zero-order valence-electron chi connectivity index (χ0n) is 32.7. The number of carbonyl (C=O) groups is 1. The third-order valence-electron chi connectivity index (χ3n) is 9.41. The van der Waals surface area contributed by atoms with Crippen LogP contribution in [0.2, 0.25) is 10.0 Å². The van der Waals surface area contributed by atoms with Gasteiger partial charge in [0.2, 0.25) is 0 Å². The molecule has 4 aromatic carbocycles. The fourth-order valence-electron chi connectivity index (χ4n) is 6.65. The van der Waals surface area contributed by atoms with Crippen LogP contribution in [0.5, 0.6) is 0 Å². The van der Waals surface area contributed by atoms with E-state index in [4.69, 9.17) is 33.9 Å². The molecule has 0 aliphatic carbocycles. The number of nitrogens with two attached hydrogens (primary N) is 1. The van der Waals surface area contributed by atoms with Gasteiger partial charge in [0.15, 0.2) is 11.6 Å². The number of hydrogen-bond acceptors (Lipinski definition) is 9. The smallest absolute Gasteiger partial charge is 0.193 e. The van der Waals surface area contributed by atoms with Crippen molar-refractivity contribution in [3.63, 3.8) is 0 Å². The van der Waals surface area contributed by atoms with Crippen LogP contribution in [0, 0.1) is 0 Å². The summed E-state index contributed by atoms with van der Waals surface area (Å²) in [5.41, 5.74) is 14.6. The summed E-state index contributed by atoms with van der Waals surface area (Å²) in [6.45, 7) is 2.76. The second-order valence-electron chi connectivity index (χ2n) is 14.3. The van der Waals surface area contributed by atoms with Crippen LogP contribution in [0.1, 0.15) is 51.6 Å². The van der Waals surface area contributed by atoms with Crippen molar-refractivity contribution in [2.75, 3.05) is 63.8 Å². The minimum Gasteiger partial charge on any atom is -0.397 e. The Bertz CT molecular complexity index is 2330. The number of nitrogen functional groups attached to an aromatic ring is 1. The normalized spacial score (nSPS) is 12.5. The van der Waals surface area contributed by atoms with Crippen molar-refractivity contribution in [2.24, 2.45) is 4.99 Å². The Labute approximate surface area is 345 Å². The number of ketones is 1. The van der Waals surface area contributed by atoms with Crippen LogP contribution in [-0.2, 0) is 0 Å². The number of nitrogens with one attached hydrogen (secondary N) is 1. The average molecular weight is 800 g/mol. The van der Waals surface area contributed by atoms with Gasteiger partial charge in [-0.1, -0.05) is 77.8 Å². The quantitative estimate of drug-likeness (QED) is 0.111. The highest BCUT2D eigenvalue weighted by molar-refractivity contribution is 6.31. The Kier molecular flexibility index (Phi) is 14.1. The third kappa shape index (κ3) is 10.8. The Hall–Kier alpha value is -5.58. The molecule has 7 rings (SSSR count). The Morgan fingerprint density at radius 3 is 2.18 bits per heavy atom. The van der Waals surface area contributed by atoms with E-state index in [-0.39, 0.29) is 11.8 Å². The molecule has 0 spiro atoms. The molecule has 3 heterocycles. The Morgan fingerprint density at radius 2 is 1.44 bits per heavy atom. The van der Waals surface area contributed by atoms with Crippen molar-refractivity contribution in [3.8, 4) is 0 Å². The largest absolute Gasteiger partial charge is 0.397 e. The summed E-state index contributed by atoms with van der Waals surface area (Å²) in [7, 11) is 8.26. The van der Waals surface area contributed by atoms with Crippen molar-refractivity contribution in [1.82, 2.24) is 19.8 Å². The van der Waals surface area contributed by atoms with Crippen LogP contribution < -0.4 is 16.0 Å². The predicted molar refractivity (Wildman–Crippen MR) is 237 cm³/mol. The maximum absolute atomic E-state index is 12.9. The van der Waals surface area contributed by atoms with Gasteiger partial charge >= 0.3 is 0 Å². The average Bonchev–Trinajstić information content (AvgIpc) is 3.34. The molecule has 0 bridgehead atoms. The standard InChI is InChI=1S/C23H25ClN4O.C23H23ClN4/c1-28(2)13-11-21(22-20(25)10-5-12-26-22)27-19-9-4-7-17(15-19)23(29)16-6-3-8-18(24)14-16;1-27(2)14-7-15-28-21-12-4-3-10-19(21)22(17-8-5-9-18(24)16-17)26-20-11-6-13-25-23(20)28/h3-10,12,14-15,21,27H,11,13,25H2,1-2H3;3-6,8-13,16H,7,14-15H2,1-2H3. The summed E-state index contributed by atoms with van der Waals surface area (Å²) < 4.78 is 0. The molecule has 1 aliphatic rings. The molecule has 0 saturated heterocycles. The lowest BCUT2D eigenvalue weighted by molar-refractivity contribution is 0.103. The molecule has 6 aromatic rings. The summed E-state index contributed by atoms with van der Waals surface area (Å²) in [6.07, 6.45) is 5.43. The highest BCUT2D eigenvalue weighted by Gasteiger charge is 2.25. The molecule has 3 N–H and O–H groups in total. The summed E-state index contributed by atoms with van der Waals surface area (Å²) in [4.78, 5) is 33.7. The number of rotatable bonds is 13. The summed E-state index contributed by atoms with van der Waals surface area (Å²) in [5, 5.41) is 4.75. The first kappa shape index (κ1) is 41.1. The van der Waals surface area contributed by atoms with Crippen LogP contribution >= 0.6 is 23.2 Å². The molecule has 1 aliphatic heterocycles. The third-order valence-corrected chi connectivity index (χ3v) is 9.88. The minimum atomic E-state index is -0.0740. The van der Waals surface area contributed by atoms with Gasteiger partial charge in [0.1, 0.15) is 5.69 Å². The van der Waals surface area contributed by atoms with Crippen LogP contribution in [0.25, 0.3) is 0 Å². The van der Waals surface area contributed by atoms with Crippen molar-refractivity contribution in [3.05, 3.63) is 172 Å². The first-order valence-corrected chi connectivity index (χ1v) is 19.7. The van der Waals surface area contributed by atoms with Gasteiger partial charge < -0.3 is 25.8 Å². The second-order valence-corrected chi connectivity index (χ2v) is 15.2. The van der Waals surface area contributed by atoms with E-state index >= 15 is 0 Å². The molecular weight excluding hydrogens is 751 g/mol. The first-order valence-electron chi connectivity index (χ1n) is 18.9. The number of fused-ring (bicyclic) bond motifs is 2. The van der Waals surface area contributed by atoms with Gasteiger partial charge in [-0.05, 0) is 121 Å². The number of nitrogens with zero attached hydrogens (tertiary/aromatic N) is 6. The number of halogens is 2. The second kappa shape index (κ2) is 19.5. The van der Waals surface area contributed by atoms with E-state index in [9.17, 15) is 4.79 Å². The molecule has 11 heteroatoms. The Balaban J connectivity index is 0.000000193. The maximum atomic E-state index is 12.9. The number of pyridine rings is 2. The number of aliphatic imine (C=N–C) groups is 1. The van der Waals surface area contributed by atoms with Gasteiger partial charge in [-0.3, -0.25) is 9.78 Å². The Morgan fingerprint density at radius 1 is 0.754 bits per heavy atom. The van der Waals surface area contributed by atoms with Crippen molar-refractivity contribution >= 4 is 63.3 Å². The summed E-state index contributed by atoms with van der Waals surface area (Å²) in [5.74, 6) is 0.823. The van der Waals surface area contributed by atoms with Crippen molar-refractivity contribution < 1.29 is 4.79 Å². The molecule has 57 heavy (non-hydrogen) atoms. The van der Waals surface area contributed by atoms with Gasteiger partial charge in [-0.25, -0.2) is 9.98 Å². The predicted octanol–water partition coefficient (Wildman–Crippen LogP) is 9.96. The molecule has 1 unspecified atom stereocenters. The van der Waals surface area contributed by atoms with Gasteiger partial charge in [-0.15, -0.1) is 0 Å². The van der Waals surface area contributed by atoms with Crippen LogP contribution in [0.3, 0.4) is 0 Å². The van der Waals surface area contributed by atoms with Gasteiger partial charge in [0.05, 0.1) is 28.8 Å². The van der Waals surface area contributed by atoms with E-state index < -0.39 is 0 Å². The lowest BCUT2D eigenvalue weighted by Gasteiger charge is -2.26. The van der Waals surface area contributed by atoms with E-state index in [2.05, 4.69) is 74.4 Å². The van der Waals surface area contributed by atoms with Crippen LogP contribution in [0.15, 0.2) is 139 Å². The van der Waals surface area contributed by atoms with Crippen molar-refractivity contribution in [1.29, 1.82) is 0 Å². The van der Waals surface area contributed by atoms with E-state index in [0.29, 0.717) is 26.9 Å². The van der Waals surface area contributed by atoms with Gasteiger partial charge in [-0.2, -0.15) is 0 Å². The zero-order chi connectivity index (χ0) is 40.3. The van der Waals surface area contributed by atoms with Crippen molar-refractivity contribution in [2.45, 2.75) is 18.9 Å². The number of anilines is 4. The molecule has 2 aromatic heterocycles. The number of aromatic nitrogens is 2. The molecule has 292 valence electrons. The summed E-state index contributed by atoms with van der Waals surface area (Å²) in [6, 6.07) is 38.3. The van der Waals surface area contributed by atoms with Gasteiger partial charge in [0.25, 0.3) is 0 Å². The number of benzene rings is 4. The highest BCUT2D eigenvalue weighted by atomic mass is 35.5. The maximum Gasteiger partial charge on any atom is 0.193 e. The van der Waals surface area contributed by atoms with Crippen LogP contribution in [-0.4, -0.2) is 79.1 Å². The van der Waals surface area contributed by atoms with E-state index in [1.165, 1.54) is 0 Å². The summed E-state index contributed by atoms with van der Waals surface area (Å²) >= 11 is 12.3. The molecule has 0 radical (unpaired) electrons. The van der Waals surface area contributed by atoms with E-state index in [1.807, 2.05) is 81.0 Å². The molecular formula is C46H48Cl2N8O. The topological polar surface area (TPSA) is 103 Å². The molecule has 0 saturated carbocycles.